The van der Waals surface area contributed by atoms with Crippen molar-refractivity contribution in [3.05, 3.63) is 29.8 Å². The van der Waals surface area contributed by atoms with Gasteiger partial charge in [0.25, 0.3) is 5.91 Å². The quantitative estimate of drug-likeness (QED) is 0.444. The number of rotatable bonds is 7. The number of hydrogen-bond donors (Lipinski definition) is 1. The standard InChI is InChI=1S/C13H16N2O5/c1-9(13(14)17)20-12(16)8-19-15-7-10-3-5-11(18-2)6-4-10/h3-7,9H,8H2,1-2H3,(H2,14,17)/b15-7-/t9-/m1/s1. The minimum Gasteiger partial charge on any atom is -0.497 e. The molecule has 0 aliphatic rings. The molecular formula is C13H16N2O5. The predicted molar refractivity (Wildman–Crippen MR) is 71.3 cm³/mol. The summed E-state index contributed by atoms with van der Waals surface area (Å²) < 4.78 is 9.67. The fourth-order valence-electron chi connectivity index (χ4n) is 1.17. The lowest BCUT2D eigenvalue weighted by Gasteiger charge is -2.08. The Balaban J connectivity index is 2.34. The SMILES string of the molecule is COc1ccc(/C=N\OCC(=O)O[C@H](C)C(N)=O)cc1. The zero-order valence-corrected chi connectivity index (χ0v) is 11.2. The summed E-state index contributed by atoms with van der Waals surface area (Å²) in [4.78, 5) is 26.6. The highest BCUT2D eigenvalue weighted by atomic mass is 16.7. The number of nitrogens with zero attached hydrogens (tertiary/aromatic N) is 1. The van der Waals surface area contributed by atoms with Crippen LogP contribution in [0.3, 0.4) is 0 Å². The molecule has 0 aliphatic heterocycles. The average Bonchev–Trinajstić information content (AvgIpc) is 2.44. The van der Waals surface area contributed by atoms with Crippen molar-refractivity contribution in [1.29, 1.82) is 0 Å². The molecule has 1 aromatic rings. The summed E-state index contributed by atoms with van der Waals surface area (Å²) in [6.45, 7) is 0.977. The van der Waals surface area contributed by atoms with E-state index in [1.165, 1.54) is 13.1 Å². The third-order valence-electron chi connectivity index (χ3n) is 2.28. The molecule has 20 heavy (non-hydrogen) atoms. The maximum Gasteiger partial charge on any atom is 0.347 e. The lowest BCUT2D eigenvalue weighted by atomic mass is 10.2. The van der Waals surface area contributed by atoms with Gasteiger partial charge in [-0.25, -0.2) is 4.79 Å². The van der Waals surface area contributed by atoms with E-state index in [0.717, 1.165) is 11.3 Å². The Labute approximate surface area is 116 Å². The maximum atomic E-state index is 11.2. The number of ether oxygens (including phenoxy) is 2. The van der Waals surface area contributed by atoms with E-state index in [2.05, 4.69) is 9.89 Å². The summed E-state index contributed by atoms with van der Waals surface area (Å²) in [6, 6.07) is 7.09. The summed E-state index contributed by atoms with van der Waals surface area (Å²) in [5.41, 5.74) is 5.72. The Morgan fingerprint density at radius 1 is 1.35 bits per heavy atom. The first-order valence-electron chi connectivity index (χ1n) is 5.81. The third kappa shape index (κ3) is 5.38. The molecule has 2 N–H and O–H groups in total. The summed E-state index contributed by atoms with van der Waals surface area (Å²) in [7, 11) is 1.57. The van der Waals surface area contributed by atoms with Crippen LogP contribution in [0.1, 0.15) is 12.5 Å². The van der Waals surface area contributed by atoms with Crippen LogP contribution >= 0.6 is 0 Å². The Morgan fingerprint density at radius 3 is 2.55 bits per heavy atom. The van der Waals surface area contributed by atoms with Gasteiger partial charge >= 0.3 is 5.97 Å². The first-order valence-corrected chi connectivity index (χ1v) is 5.81. The van der Waals surface area contributed by atoms with Crippen LogP contribution in [0.2, 0.25) is 0 Å². The molecule has 0 heterocycles. The molecule has 1 rings (SSSR count). The molecule has 1 aromatic carbocycles. The fraction of sp³-hybridized carbons (Fsp3) is 0.308. The molecule has 0 aliphatic carbocycles. The number of carbonyl (C=O) groups excluding carboxylic acids is 2. The number of nitrogens with two attached hydrogens (primary N) is 1. The molecule has 0 unspecified atom stereocenters. The van der Waals surface area contributed by atoms with Crippen LogP contribution in [0, 0.1) is 0 Å². The zero-order chi connectivity index (χ0) is 15.0. The van der Waals surface area contributed by atoms with Gasteiger partial charge in [-0.15, -0.1) is 0 Å². The van der Waals surface area contributed by atoms with Crippen molar-refractivity contribution in [2.45, 2.75) is 13.0 Å². The molecule has 0 bridgehead atoms. The van der Waals surface area contributed by atoms with Gasteiger partial charge in [-0.1, -0.05) is 5.16 Å². The molecule has 108 valence electrons. The van der Waals surface area contributed by atoms with Crippen molar-refractivity contribution >= 4 is 18.1 Å². The molecule has 1 amide bonds. The number of amides is 1. The smallest absolute Gasteiger partial charge is 0.347 e. The van der Waals surface area contributed by atoms with Crippen molar-refractivity contribution in [3.63, 3.8) is 0 Å². The van der Waals surface area contributed by atoms with Gasteiger partial charge < -0.3 is 20.0 Å². The Kier molecular flexibility index (Phi) is 6.02. The van der Waals surface area contributed by atoms with Crippen LogP contribution < -0.4 is 10.5 Å². The minimum absolute atomic E-state index is 0.399. The Hall–Kier alpha value is -2.57. The van der Waals surface area contributed by atoms with Crippen LogP contribution in [0.5, 0.6) is 5.75 Å². The average molecular weight is 280 g/mol. The molecular weight excluding hydrogens is 264 g/mol. The first-order chi connectivity index (χ1) is 9.52. The van der Waals surface area contributed by atoms with Crippen LogP contribution in [0.15, 0.2) is 29.4 Å². The minimum atomic E-state index is -0.989. The van der Waals surface area contributed by atoms with Gasteiger partial charge in [0.1, 0.15) is 5.75 Å². The number of primary amides is 1. The molecule has 0 saturated carbocycles. The summed E-state index contributed by atoms with van der Waals surface area (Å²) in [5, 5.41) is 3.61. The van der Waals surface area contributed by atoms with Gasteiger partial charge in [0.05, 0.1) is 13.3 Å². The van der Waals surface area contributed by atoms with Gasteiger partial charge in [-0.2, -0.15) is 0 Å². The van der Waals surface area contributed by atoms with Crippen LogP contribution in [-0.4, -0.2) is 37.9 Å². The molecule has 0 fully saturated rings. The zero-order valence-electron chi connectivity index (χ0n) is 11.2. The monoisotopic (exact) mass is 280 g/mol. The molecule has 7 heteroatoms. The summed E-state index contributed by atoms with van der Waals surface area (Å²) in [6.07, 6.45) is 0.446. The molecule has 7 nitrogen and oxygen atoms in total. The van der Waals surface area contributed by atoms with E-state index in [1.54, 1.807) is 31.4 Å². The van der Waals surface area contributed by atoms with E-state index in [-0.39, 0.29) is 0 Å². The van der Waals surface area contributed by atoms with Gasteiger partial charge in [0.2, 0.25) is 6.61 Å². The van der Waals surface area contributed by atoms with Crippen LogP contribution in [0.4, 0.5) is 0 Å². The lowest BCUT2D eigenvalue weighted by molar-refractivity contribution is -0.158. The van der Waals surface area contributed by atoms with Gasteiger partial charge in [0, 0.05) is 0 Å². The number of hydrogen-bond acceptors (Lipinski definition) is 6. The number of oxime groups is 1. The Bertz CT molecular complexity index is 484. The van der Waals surface area contributed by atoms with E-state index < -0.39 is 24.6 Å². The topological polar surface area (TPSA) is 100 Å². The normalized spacial score (nSPS) is 11.9. The highest BCUT2D eigenvalue weighted by molar-refractivity contribution is 5.82. The van der Waals surface area contributed by atoms with Gasteiger partial charge in [0.15, 0.2) is 6.10 Å². The van der Waals surface area contributed by atoms with Crippen molar-refractivity contribution < 1.29 is 23.9 Å². The van der Waals surface area contributed by atoms with E-state index >= 15 is 0 Å². The van der Waals surface area contributed by atoms with Crippen molar-refractivity contribution in [2.24, 2.45) is 10.9 Å². The summed E-state index contributed by atoms with van der Waals surface area (Å²) >= 11 is 0. The number of carbonyl (C=O) groups is 2. The van der Waals surface area contributed by atoms with E-state index in [0.29, 0.717) is 0 Å². The van der Waals surface area contributed by atoms with Crippen molar-refractivity contribution in [2.75, 3.05) is 13.7 Å². The van der Waals surface area contributed by atoms with E-state index in [4.69, 9.17) is 15.3 Å². The highest BCUT2D eigenvalue weighted by Crippen LogP contribution is 2.09. The largest absolute Gasteiger partial charge is 0.497 e. The number of methoxy groups -OCH3 is 1. The number of benzene rings is 1. The van der Waals surface area contributed by atoms with E-state index in [1.807, 2.05) is 0 Å². The second kappa shape index (κ2) is 7.78. The molecule has 0 radical (unpaired) electrons. The van der Waals surface area contributed by atoms with Crippen LogP contribution in [0.25, 0.3) is 0 Å². The van der Waals surface area contributed by atoms with E-state index in [9.17, 15) is 9.59 Å². The maximum absolute atomic E-state index is 11.2. The molecule has 1 atom stereocenters. The fourth-order valence-corrected chi connectivity index (χ4v) is 1.17. The molecule has 0 spiro atoms. The number of esters is 1. The van der Waals surface area contributed by atoms with Crippen LogP contribution in [-0.2, 0) is 19.2 Å². The summed E-state index contributed by atoms with van der Waals surface area (Å²) in [5.74, 6) is -0.713. The Morgan fingerprint density at radius 2 is 2.00 bits per heavy atom. The van der Waals surface area contributed by atoms with Crippen molar-refractivity contribution in [1.82, 2.24) is 0 Å². The predicted octanol–water partition coefficient (Wildman–Crippen LogP) is 0.463. The first kappa shape index (κ1) is 15.5. The van der Waals surface area contributed by atoms with Gasteiger partial charge in [-0.05, 0) is 36.8 Å². The lowest BCUT2D eigenvalue weighted by Crippen LogP contribution is -2.31. The molecule has 0 saturated heterocycles. The third-order valence-corrected chi connectivity index (χ3v) is 2.28. The second-order valence-corrected chi connectivity index (χ2v) is 3.82. The second-order valence-electron chi connectivity index (χ2n) is 3.82. The van der Waals surface area contributed by atoms with Gasteiger partial charge in [-0.3, -0.25) is 4.79 Å². The molecule has 0 aromatic heterocycles. The van der Waals surface area contributed by atoms with Crippen molar-refractivity contribution in [3.8, 4) is 5.75 Å². The highest BCUT2D eigenvalue weighted by Gasteiger charge is 2.14.